The maximum atomic E-state index is 13.2. The van der Waals surface area contributed by atoms with Gasteiger partial charge in [0.15, 0.2) is 5.11 Å². The fourth-order valence-electron chi connectivity index (χ4n) is 3.32. The number of nitrogens with zero attached hydrogens (tertiary/aromatic N) is 1. The van der Waals surface area contributed by atoms with Gasteiger partial charge in [-0.25, -0.2) is 9.59 Å². The molecular weight excluding hydrogens is 433 g/mol. The Kier molecular flexibility index (Phi) is 6.03. The molecule has 0 spiro atoms. The molecule has 10 heteroatoms. The van der Waals surface area contributed by atoms with Crippen LogP contribution in [-0.2, 0) is 15.7 Å². The second kappa shape index (κ2) is 8.38. The molecule has 3 rings (SSSR count). The highest BCUT2D eigenvalue weighted by Crippen LogP contribution is 2.37. The number of carbonyl (C=O) groups is 2. The Balaban J connectivity index is 2.11. The minimum atomic E-state index is -4.54. The molecule has 0 saturated carbocycles. The molecule has 1 heterocycles. The van der Waals surface area contributed by atoms with E-state index in [0.29, 0.717) is 11.3 Å². The second-order valence-electron chi connectivity index (χ2n) is 6.68. The topological polar surface area (TPSA) is 78.9 Å². The highest BCUT2D eigenvalue weighted by molar-refractivity contribution is 7.80. The van der Waals surface area contributed by atoms with Gasteiger partial charge in [0, 0.05) is 11.4 Å². The van der Waals surface area contributed by atoms with Crippen molar-refractivity contribution >= 4 is 35.0 Å². The lowest BCUT2D eigenvalue weighted by Gasteiger charge is -2.37. The number of carboxylic acid groups (broad SMARTS) is 1. The van der Waals surface area contributed by atoms with Gasteiger partial charge in [-0.15, -0.1) is 0 Å². The van der Waals surface area contributed by atoms with E-state index < -0.39 is 29.7 Å². The van der Waals surface area contributed by atoms with Crippen molar-refractivity contribution in [3.63, 3.8) is 0 Å². The number of halogens is 3. The highest BCUT2D eigenvalue weighted by atomic mass is 32.1. The summed E-state index contributed by atoms with van der Waals surface area (Å²) in [5.74, 6) is -1.80. The van der Waals surface area contributed by atoms with Crippen LogP contribution < -0.4 is 10.2 Å². The van der Waals surface area contributed by atoms with Crippen LogP contribution in [0.25, 0.3) is 0 Å². The van der Waals surface area contributed by atoms with Crippen molar-refractivity contribution in [2.75, 3.05) is 12.0 Å². The van der Waals surface area contributed by atoms with Crippen molar-refractivity contribution in [2.45, 2.75) is 19.1 Å². The molecule has 2 aromatic rings. The van der Waals surface area contributed by atoms with Crippen LogP contribution in [0.3, 0.4) is 0 Å². The van der Waals surface area contributed by atoms with E-state index >= 15 is 0 Å². The van der Waals surface area contributed by atoms with Crippen LogP contribution in [0.4, 0.5) is 18.9 Å². The average Bonchev–Trinajstić information content (AvgIpc) is 2.72. The van der Waals surface area contributed by atoms with Crippen LogP contribution in [-0.4, -0.2) is 29.3 Å². The number of benzene rings is 2. The van der Waals surface area contributed by atoms with Crippen LogP contribution in [0.5, 0.6) is 0 Å². The SMILES string of the molecule is COC(=O)C1=C(C)N(c2cccc(C(F)(F)F)c2)C(=S)NC1c1ccc(C(=O)O)cc1. The zero-order valence-corrected chi connectivity index (χ0v) is 17.2. The summed E-state index contributed by atoms with van der Waals surface area (Å²) in [5.41, 5.74) is 0.306. The van der Waals surface area contributed by atoms with E-state index in [-0.39, 0.29) is 21.9 Å². The number of ether oxygens (including phenoxy) is 1. The lowest BCUT2D eigenvalue weighted by Crippen LogP contribution is -2.48. The number of hydrogen-bond acceptors (Lipinski definition) is 4. The van der Waals surface area contributed by atoms with E-state index in [4.69, 9.17) is 22.1 Å². The van der Waals surface area contributed by atoms with E-state index in [9.17, 15) is 22.8 Å². The summed E-state index contributed by atoms with van der Waals surface area (Å²) in [6.45, 7) is 1.55. The fraction of sp³-hybridized carbons (Fsp3) is 0.190. The molecular formula is C21H17F3N2O4S. The molecule has 0 amide bonds. The first kappa shape index (κ1) is 22.3. The Morgan fingerprint density at radius 3 is 2.35 bits per heavy atom. The molecule has 0 aliphatic carbocycles. The number of anilines is 1. The summed E-state index contributed by atoms with van der Waals surface area (Å²) >= 11 is 5.40. The van der Waals surface area contributed by atoms with Crippen molar-refractivity contribution in [2.24, 2.45) is 0 Å². The number of carboxylic acids is 1. The van der Waals surface area contributed by atoms with Crippen molar-refractivity contribution < 1.29 is 32.6 Å². The van der Waals surface area contributed by atoms with Gasteiger partial charge in [0.25, 0.3) is 0 Å². The first-order valence-electron chi connectivity index (χ1n) is 8.94. The smallest absolute Gasteiger partial charge is 0.416 e. The van der Waals surface area contributed by atoms with Gasteiger partial charge in [-0.05, 0) is 55.0 Å². The minimum absolute atomic E-state index is 0.0630. The van der Waals surface area contributed by atoms with Gasteiger partial charge < -0.3 is 15.2 Å². The fourth-order valence-corrected chi connectivity index (χ4v) is 3.68. The minimum Gasteiger partial charge on any atom is -0.478 e. The van der Waals surface area contributed by atoms with Crippen molar-refractivity contribution in [1.29, 1.82) is 0 Å². The first-order valence-corrected chi connectivity index (χ1v) is 9.35. The molecule has 0 aromatic heterocycles. The summed E-state index contributed by atoms with van der Waals surface area (Å²) in [4.78, 5) is 25.0. The maximum absolute atomic E-state index is 13.2. The van der Waals surface area contributed by atoms with Gasteiger partial charge >= 0.3 is 18.1 Å². The molecule has 162 valence electrons. The Morgan fingerprint density at radius 2 is 1.81 bits per heavy atom. The molecule has 0 saturated heterocycles. The summed E-state index contributed by atoms with van der Waals surface area (Å²) in [7, 11) is 1.19. The predicted molar refractivity (Wildman–Crippen MR) is 111 cm³/mol. The van der Waals surface area contributed by atoms with Crippen LogP contribution in [0.2, 0.25) is 0 Å². The molecule has 0 radical (unpaired) electrons. The summed E-state index contributed by atoms with van der Waals surface area (Å²) in [6.07, 6.45) is -4.54. The normalized spacial score (nSPS) is 16.7. The van der Waals surface area contributed by atoms with Crippen molar-refractivity contribution in [3.8, 4) is 0 Å². The number of aromatic carboxylic acids is 1. The number of hydrogen-bond donors (Lipinski definition) is 2. The van der Waals surface area contributed by atoms with Crippen molar-refractivity contribution in [1.82, 2.24) is 5.32 Å². The second-order valence-corrected chi connectivity index (χ2v) is 7.07. The Bertz CT molecular complexity index is 1080. The molecule has 1 aliphatic heterocycles. The van der Waals surface area contributed by atoms with Crippen LogP contribution >= 0.6 is 12.2 Å². The number of esters is 1. The number of carbonyl (C=O) groups excluding carboxylic acids is 1. The lowest BCUT2D eigenvalue weighted by atomic mass is 9.94. The van der Waals surface area contributed by atoms with E-state index in [1.807, 2.05) is 0 Å². The standard InChI is InChI=1S/C21H17F3N2O4S/c1-11-16(19(29)30-2)17(12-6-8-13(9-7-12)18(27)28)25-20(31)26(11)15-5-3-4-14(10-15)21(22,23)24/h3-10,17H,1-2H3,(H,25,31)(H,27,28). The molecule has 0 fully saturated rings. The Labute approximate surface area is 180 Å². The van der Waals surface area contributed by atoms with E-state index in [1.54, 1.807) is 6.92 Å². The van der Waals surface area contributed by atoms with Crippen LogP contribution in [0.15, 0.2) is 59.8 Å². The Hall–Kier alpha value is -3.40. The third-order valence-electron chi connectivity index (χ3n) is 4.81. The molecule has 0 bridgehead atoms. The van der Waals surface area contributed by atoms with Gasteiger partial charge in [-0.1, -0.05) is 18.2 Å². The van der Waals surface area contributed by atoms with Crippen molar-refractivity contribution in [3.05, 3.63) is 76.5 Å². The highest BCUT2D eigenvalue weighted by Gasteiger charge is 2.36. The Morgan fingerprint density at radius 1 is 1.16 bits per heavy atom. The quantitative estimate of drug-likeness (QED) is 0.532. The average molecular weight is 450 g/mol. The molecule has 2 N–H and O–H groups in total. The number of nitrogens with one attached hydrogen (secondary N) is 1. The molecule has 6 nitrogen and oxygen atoms in total. The van der Waals surface area contributed by atoms with Gasteiger partial charge in [0.1, 0.15) is 0 Å². The largest absolute Gasteiger partial charge is 0.478 e. The molecule has 1 atom stereocenters. The monoisotopic (exact) mass is 450 g/mol. The van der Waals surface area contributed by atoms with Crippen LogP contribution in [0, 0.1) is 0 Å². The summed E-state index contributed by atoms with van der Waals surface area (Å²) in [5, 5.41) is 12.1. The lowest BCUT2D eigenvalue weighted by molar-refractivity contribution is -0.138. The zero-order valence-electron chi connectivity index (χ0n) is 16.4. The van der Waals surface area contributed by atoms with Gasteiger partial charge in [-0.2, -0.15) is 13.2 Å². The molecule has 1 aliphatic rings. The molecule has 31 heavy (non-hydrogen) atoms. The third-order valence-corrected chi connectivity index (χ3v) is 5.11. The number of rotatable bonds is 4. The third kappa shape index (κ3) is 4.38. The summed E-state index contributed by atoms with van der Waals surface area (Å²) < 4.78 is 44.4. The molecule has 1 unspecified atom stereocenters. The number of alkyl halides is 3. The van der Waals surface area contributed by atoms with Gasteiger partial charge in [0.05, 0.1) is 29.9 Å². The van der Waals surface area contributed by atoms with E-state index in [2.05, 4.69) is 5.32 Å². The van der Waals surface area contributed by atoms with Gasteiger partial charge in [0.2, 0.25) is 0 Å². The van der Waals surface area contributed by atoms with Gasteiger partial charge in [-0.3, -0.25) is 4.90 Å². The predicted octanol–water partition coefficient (Wildman–Crippen LogP) is 4.29. The zero-order chi connectivity index (χ0) is 22.9. The number of methoxy groups -OCH3 is 1. The molecule has 2 aromatic carbocycles. The number of allylic oxidation sites excluding steroid dienone is 1. The number of thiocarbonyl (C=S) groups is 1. The van der Waals surface area contributed by atoms with E-state index in [1.165, 1.54) is 48.4 Å². The summed E-state index contributed by atoms with van der Waals surface area (Å²) in [6, 6.07) is 9.62. The first-order chi connectivity index (χ1) is 14.5. The maximum Gasteiger partial charge on any atom is 0.416 e. The van der Waals surface area contributed by atoms with Crippen LogP contribution in [0.1, 0.15) is 34.5 Å². The van der Waals surface area contributed by atoms with E-state index in [0.717, 1.165) is 12.1 Å².